The molecule has 0 bridgehead atoms. The minimum absolute atomic E-state index is 0.826. The van der Waals surface area contributed by atoms with E-state index in [0.29, 0.717) is 0 Å². The van der Waals surface area contributed by atoms with Crippen LogP contribution in [0.2, 0.25) is 0 Å². The zero-order chi connectivity index (χ0) is 10.3. The molecule has 0 aromatic carbocycles. The number of furan rings is 1. The van der Waals surface area contributed by atoms with Crippen molar-refractivity contribution in [2.24, 2.45) is 7.05 Å². The van der Waals surface area contributed by atoms with E-state index in [1.807, 2.05) is 37.6 Å². The van der Waals surface area contributed by atoms with Gasteiger partial charge < -0.3 is 8.98 Å². The predicted molar refractivity (Wildman–Crippen MR) is 58.1 cm³/mol. The van der Waals surface area contributed by atoms with Crippen LogP contribution in [-0.2, 0) is 7.05 Å². The van der Waals surface area contributed by atoms with Gasteiger partial charge in [-0.15, -0.1) is 0 Å². The highest BCUT2D eigenvalue weighted by Gasteiger charge is 2.14. The first-order valence-electron chi connectivity index (χ1n) is 4.35. The first-order valence-corrected chi connectivity index (χ1v) is 5.14. The molecule has 0 saturated carbocycles. The van der Waals surface area contributed by atoms with Gasteiger partial charge in [0.25, 0.3) is 0 Å². The van der Waals surface area contributed by atoms with Crippen LogP contribution in [0.3, 0.4) is 0 Å². The molecular weight excluding hydrogens is 244 g/mol. The van der Waals surface area contributed by atoms with E-state index >= 15 is 0 Å². The lowest BCUT2D eigenvalue weighted by Gasteiger charge is -2.00. The third kappa shape index (κ3) is 1.39. The number of aryl methyl sites for hydroxylation is 2. The molecule has 0 amide bonds. The van der Waals surface area contributed by atoms with Crippen molar-refractivity contribution in [2.75, 3.05) is 0 Å². The highest BCUT2D eigenvalue weighted by atomic mass is 79.9. The summed E-state index contributed by atoms with van der Waals surface area (Å²) >= 11 is 3.42. The fraction of sp³-hybridized carbons (Fsp3) is 0.300. The summed E-state index contributed by atoms with van der Waals surface area (Å²) in [6.07, 6.45) is 0. The topological polar surface area (TPSA) is 31.0 Å². The molecule has 0 atom stereocenters. The van der Waals surface area contributed by atoms with Crippen molar-refractivity contribution < 1.29 is 4.42 Å². The number of hydrogen-bond donors (Lipinski definition) is 0. The molecular formula is C10H11BrN2O. The lowest BCUT2D eigenvalue weighted by atomic mass is 10.3. The van der Waals surface area contributed by atoms with Crippen LogP contribution in [0.25, 0.3) is 11.5 Å². The molecule has 0 aliphatic heterocycles. The van der Waals surface area contributed by atoms with E-state index in [1.54, 1.807) is 0 Å². The predicted octanol–water partition coefficient (Wildman–Crippen LogP) is 3.06. The maximum absolute atomic E-state index is 5.55. The van der Waals surface area contributed by atoms with Gasteiger partial charge in [0, 0.05) is 7.05 Å². The fourth-order valence-corrected chi connectivity index (χ4v) is 2.12. The summed E-state index contributed by atoms with van der Waals surface area (Å²) in [5.41, 5.74) is 0.982. The Balaban J connectivity index is 2.61. The molecule has 2 aromatic heterocycles. The Morgan fingerprint density at radius 1 is 1.36 bits per heavy atom. The van der Waals surface area contributed by atoms with E-state index in [1.165, 1.54) is 0 Å². The van der Waals surface area contributed by atoms with Gasteiger partial charge in [-0.2, -0.15) is 0 Å². The number of aromatic nitrogens is 2. The maximum atomic E-state index is 5.55. The second kappa shape index (κ2) is 3.28. The summed E-state index contributed by atoms with van der Waals surface area (Å²) in [4.78, 5) is 4.32. The zero-order valence-corrected chi connectivity index (χ0v) is 9.92. The van der Waals surface area contributed by atoms with Crippen LogP contribution >= 0.6 is 15.9 Å². The van der Waals surface area contributed by atoms with E-state index in [0.717, 1.165) is 27.6 Å². The molecule has 0 spiro atoms. The van der Waals surface area contributed by atoms with Crippen molar-refractivity contribution in [1.82, 2.24) is 9.55 Å². The molecule has 0 fully saturated rings. The first kappa shape index (κ1) is 9.52. The molecule has 3 nitrogen and oxygen atoms in total. The van der Waals surface area contributed by atoms with Crippen LogP contribution in [-0.4, -0.2) is 9.55 Å². The Bertz CT molecular complexity index is 470. The van der Waals surface area contributed by atoms with E-state index in [-0.39, 0.29) is 0 Å². The summed E-state index contributed by atoms with van der Waals surface area (Å²) in [5, 5.41) is 0. The van der Waals surface area contributed by atoms with Crippen LogP contribution in [0.1, 0.15) is 11.6 Å². The number of imidazole rings is 1. The molecule has 0 unspecified atom stereocenters. The van der Waals surface area contributed by atoms with Crippen molar-refractivity contribution >= 4 is 15.9 Å². The van der Waals surface area contributed by atoms with Crippen molar-refractivity contribution in [3.05, 3.63) is 28.3 Å². The molecule has 0 saturated heterocycles. The minimum Gasteiger partial charge on any atom is -0.460 e. The normalized spacial score (nSPS) is 10.9. The highest BCUT2D eigenvalue weighted by Crippen LogP contribution is 2.29. The van der Waals surface area contributed by atoms with Gasteiger partial charge in [0.2, 0.25) is 0 Å². The molecule has 14 heavy (non-hydrogen) atoms. The SMILES string of the molecule is Cc1ccc(-c2c(Br)nc(C)n2C)o1. The molecule has 0 radical (unpaired) electrons. The third-order valence-corrected chi connectivity index (χ3v) is 2.80. The first-order chi connectivity index (χ1) is 6.59. The van der Waals surface area contributed by atoms with Crippen LogP contribution < -0.4 is 0 Å². The van der Waals surface area contributed by atoms with Crippen molar-refractivity contribution in [3.63, 3.8) is 0 Å². The number of rotatable bonds is 1. The molecule has 2 rings (SSSR count). The van der Waals surface area contributed by atoms with Crippen molar-refractivity contribution in [1.29, 1.82) is 0 Å². The Morgan fingerprint density at radius 2 is 2.07 bits per heavy atom. The van der Waals surface area contributed by atoms with Gasteiger partial charge >= 0.3 is 0 Å². The van der Waals surface area contributed by atoms with Crippen LogP contribution in [0, 0.1) is 13.8 Å². The van der Waals surface area contributed by atoms with E-state index in [9.17, 15) is 0 Å². The Kier molecular flexibility index (Phi) is 2.23. The molecule has 0 aliphatic carbocycles. The minimum atomic E-state index is 0.826. The number of hydrogen-bond acceptors (Lipinski definition) is 2. The third-order valence-electron chi connectivity index (χ3n) is 2.25. The quantitative estimate of drug-likeness (QED) is 0.784. The van der Waals surface area contributed by atoms with Crippen LogP contribution in [0.4, 0.5) is 0 Å². The van der Waals surface area contributed by atoms with Crippen molar-refractivity contribution in [3.8, 4) is 11.5 Å². The second-order valence-electron chi connectivity index (χ2n) is 3.27. The lowest BCUT2D eigenvalue weighted by molar-refractivity contribution is 0.543. The molecule has 0 aliphatic rings. The molecule has 4 heteroatoms. The Morgan fingerprint density at radius 3 is 2.50 bits per heavy atom. The second-order valence-corrected chi connectivity index (χ2v) is 4.02. The lowest BCUT2D eigenvalue weighted by Crippen LogP contribution is -1.93. The Hall–Kier alpha value is -1.03. The van der Waals surface area contributed by atoms with Gasteiger partial charge in [0.15, 0.2) is 5.76 Å². The summed E-state index contributed by atoms with van der Waals surface area (Å²) in [6.45, 7) is 3.89. The van der Waals surface area contributed by atoms with Gasteiger partial charge in [0.1, 0.15) is 21.9 Å². The van der Waals surface area contributed by atoms with Crippen LogP contribution in [0.15, 0.2) is 21.2 Å². The number of nitrogens with zero attached hydrogens (tertiary/aromatic N) is 2. The van der Waals surface area contributed by atoms with Gasteiger partial charge in [-0.25, -0.2) is 4.98 Å². The number of halogens is 1. The van der Waals surface area contributed by atoms with E-state index in [2.05, 4.69) is 20.9 Å². The Labute approximate surface area is 90.9 Å². The van der Waals surface area contributed by atoms with Gasteiger partial charge in [-0.1, -0.05) is 0 Å². The summed E-state index contributed by atoms with van der Waals surface area (Å²) in [5.74, 6) is 2.71. The van der Waals surface area contributed by atoms with E-state index < -0.39 is 0 Å². The molecule has 0 N–H and O–H groups in total. The maximum Gasteiger partial charge on any atom is 0.153 e. The van der Waals surface area contributed by atoms with Gasteiger partial charge in [-0.05, 0) is 41.9 Å². The van der Waals surface area contributed by atoms with E-state index in [4.69, 9.17) is 4.42 Å². The molecule has 2 aromatic rings. The summed E-state index contributed by atoms with van der Waals surface area (Å²) < 4.78 is 8.38. The monoisotopic (exact) mass is 254 g/mol. The smallest absolute Gasteiger partial charge is 0.153 e. The fourth-order valence-electron chi connectivity index (χ4n) is 1.40. The standard InChI is InChI=1S/C10H11BrN2O/c1-6-4-5-8(14-6)9-10(11)12-7(2)13(9)3/h4-5H,1-3H3. The zero-order valence-electron chi connectivity index (χ0n) is 8.34. The van der Waals surface area contributed by atoms with Gasteiger partial charge in [-0.3, -0.25) is 0 Å². The highest BCUT2D eigenvalue weighted by molar-refractivity contribution is 9.10. The van der Waals surface area contributed by atoms with Gasteiger partial charge in [0.05, 0.1) is 0 Å². The van der Waals surface area contributed by atoms with Crippen molar-refractivity contribution in [2.45, 2.75) is 13.8 Å². The average Bonchev–Trinajstić information content (AvgIpc) is 2.60. The summed E-state index contributed by atoms with van der Waals surface area (Å²) in [6, 6.07) is 3.90. The summed E-state index contributed by atoms with van der Waals surface area (Å²) in [7, 11) is 1.97. The molecule has 74 valence electrons. The largest absolute Gasteiger partial charge is 0.460 e. The van der Waals surface area contributed by atoms with Crippen LogP contribution in [0.5, 0.6) is 0 Å². The average molecular weight is 255 g/mol. The molecule has 2 heterocycles.